The first-order valence-electron chi connectivity index (χ1n) is 7.37. The van der Waals surface area contributed by atoms with Crippen LogP contribution in [0.1, 0.15) is 38.5 Å². The van der Waals surface area contributed by atoms with Gasteiger partial charge in [-0.25, -0.2) is 4.79 Å². The van der Waals surface area contributed by atoms with Crippen molar-refractivity contribution in [1.29, 1.82) is 0 Å². The summed E-state index contributed by atoms with van der Waals surface area (Å²) in [5, 5.41) is 14.9. The quantitative estimate of drug-likeness (QED) is 0.382. The highest BCUT2D eigenvalue weighted by Crippen LogP contribution is 2.34. The SMILES string of the molecule is C#CCSCCNC(=O)NCC1(C(=O)O)CCCCCC1. The maximum Gasteiger partial charge on any atom is 0.314 e. The van der Waals surface area contributed by atoms with Crippen LogP contribution >= 0.6 is 11.8 Å². The van der Waals surface area contributed by atoms with Crippen molar-refractivity contribution in [3.63, 3.8) is 0 Å². The molecule has 21 heavy (non-hydrogen) atoms. The number of carbonyl (C=O) groups is 2. The summed E-state index contributed by atoms with van der Waals surface area (Å²) in [5.74, 6) is 3.10. The van der Waals surface area contributed by atoms with Gasteiger partial charge in [-0.15, -0.1) is 18.2 Å². The zero-order valence-electron chi connectivity index (χ0n) is 12.3. The van der Waals surface area contributed by atoms with Crippen molar-refractivity contribution in [3.8, 4) is 12.3 Å². The van der Waals surface area contributed by atoms with Crippen LogP contribution in [0.5, 0.6) is 0 Å². The fraction of sp³-hybridized carbons (Fsp3) is 0.733. The Labute approximate surface area is 130 Å². The summed E-state index contributed by atoms with van der Waals surface area (Å²) in [6.07, 6.45) is 10.4. The lowest BCUT2D eigenvalue weighted by molar-refractivity contribution is -0.149. The lowest BCUT2D eigenvalue weighted by atomic mass is 9.80. The number of carboxylic acid groups (broad SMARTS) is 1. The van der Waals surface area contributed by atoms with Crippen molar-refractivity contribution in [2.45, 2.75) is 38.5 Å². The Bertz CT molecular complexity index is 385. The summed E-state index contributed by atoms with van der Waals surface area (Å²) in [7, 11) is 0. The van der Waals surface area contributed by atoms with E-state index in [1.165, 1.54) is 0 Å². The van der Waals surface area contributed by atoms with Gasteiger partial charge < -0.3 is 15.7 Å². The molecule has 0 unspecified atom stereocenters. The topological polar surface area (TPSA) is 78.4 Å². The van der Waals surface area contributed by atoms with E-state index in [9.17, 15) is 14.7 Å². The molecule has 0 spiro atoms. The molecule has 0 aromatic heterocycles. The Balaban J connectivity index is 2.34. The largest absolute Gasteiger partial charge is 0.481 e. The zero-order valence-corrected chi connectivity index (χ0v) is 13.1. The highest BCUT2D eigenvalue weighted by molar-refractivity contribution is 7.99. The predicted molar refractivity (Wildman–Crippen MR) is 85.3 cm³/mol. The van der Waals surface area contributed by atoms with Gasteiger partial charge >= 0.3 is 12.0 Å². The van der Waals surface area contributed by atoms with E-state index in [0.717, 1.165) is 31.4 Å². The molecule has 1 aliphatic carbocycles. The summed E-state index contributed by atoms with van der Waals surface area (Å²) >= 11 is 1.58. The third-order valence-corrected chi connectivity index (χ3v) is 4.68. The number of rotatable bonds is 7. The third kappa shape index (κ3) is 6.30. The van der Waals surface area contributed by atoms with E-state index >= 15 is 0 Å². The van der Waals surface area contributed by atoms with Crippen LogP contribution in [-0.4, -0.2) is 41.7 Å². The third-order valence-electron chi connectivity index (χ3n) is 3.82. The average Bonchev–Trinajstić information content (AvgIpc) is 2.71. The van der Waals surface area contributed by atoms with Gasteiger partial charge in [0.15, 0.2) is 0 Å². The molecular weight excluding hydrogens is 288 g/mol. The molecule has 5 nitrogen and oxygen atoms in total. The lowest BCUT2D eigenvalue weighted by Crippen LogP contribution is -2.46. The number of aliphatic carboxylic acids is 1. The average molecular weight is 312 g/mol. The van der Waals surface area contributed by atoms with Gasteiger partial charge in [-0.1, -0.05) is 31.6 Å². The molecule has 0 radical (unpaired) electrons. The number of amides is 2. The standard InChI is InChI=1S/C15H24N2O3S/c1-2-10-21-11-9-16-14(20)17-12-15(13(18)19)7-5-3-4-6-8-15/h1H,3-12H2,(H,18,19)(H2,16,17,20). The van der Waals surface area contributed by atoms with Crippen LogP contribution in [0.15, 0.2) is 0 Å². The predicted octanol–water partition coefficient (Wildman–Crippen LogP) is 2.08. The van der Waals surface area contributed by atoms with Gasteiger partial charge in [0, 0.05) is 18.8 Å². The van der Waals surface area contributed by atoms with Crippen LogP contribution in [0.25, 0.3) is 0 Å². The van der Waals surface area contributed by atoms with Crippen LogP contribution in [0, 0.1) is 17.8 Å². The molecule has 3 N–H and O–H groups in total. The zero-order chi connectivity index (χ0) is 15.6. The molecule has 1 rings (SSSR count). The molecule has 2 amide bonds. The molecule has 0 bridgehead atoms. The van der Waals surface area contributed by atoms with Gasteiger partial charge in [0.2, 0.25) is 0 Å². The highest BCUT2D eigenvalue weighted by atomic mass is 32.2. The van der Waals surface area contributed by atoms with Gasteiger partial charge in [-0.3, -0.25) is 4.79 Å². The summed E-state index contributed by atoms with van der Waals surface area (Å²) in [6.45, 7) is 0.726. The Morgan fingerprint density at radius 2 is 1.86 bits per heavy atom. The van der Waals surface area contributed by atoms with Gasteiger partial charge in [-0.2, -0.15) is 0 Å². The number of terminal acetylenes is 1. The molecule has 0 aliphatic heterocycles. The second-order valence-electron chi connectivity index (χ2n) is 5.37. The van der Waals surface area contributed by atoms with Crippen molar-refractivity contribution in [3.05, 3.63) is 0 Å². The second-order valence-corrected chi connectivity index (χ2v) is 6.47. The molecule has 6 heteroatoms. The van der Waals surface area contributed by atoms with E-state index in [4.69, 9.17) is 6.42 Å². The molecule has 1 fully saturated rings. The number of carboxylic acids is 1. The monoisotopic (exact) mass is 312 g/mol. The number of thioether (sulfide) groups is 1. The molecule has 118 valence electrons. The van der Waals surface area contributed by atoms with Crippen LogP contribution in [-0.2, 0) is 4.79 Å². The summed E-state index contributed by atoms with van der Waals surface area (Å²) in [6, 6.07) is -0.304. The number of carbonyl (C=O) groups excluding carboxylic acids is 1. The first-order chi connectivity index (χ1) is 10.1. The minimum absolute atomic E-state index is 0.200. The van der Waals surface area contributed by atoms with Crippen LogP contribution in [0.4, 0.5) is 4.79 Å². The van der Waals surface area contributed by atoms with E-state index in [-0.39, 0.29) is 12.6 Å². The van der Waals surface area contributed by atoms with Gasteiger partial charge in [0.1, 0.15) is 0 Å². The summed E-state index contributed by atoms with van der Waals surface area (Å²) in [5.41, 5.74) is -0.800. The molecule has 1 saturated carbocycles. The molecule has 0 aromatic rings. The van der Waals surface area contributed by atoms with Gasteiger partial charge in [0.25, 0.3) is 0 Å². The minimum atomic E-state index is -0.800. The van der Waals surface area contributed by atoms with E-state index in [0.29, 0.717) is 25.1 Å². The van der Waals surface area contributed by atoms with E-state index < -0.39 is 11.4 Å². The molecule has 0 aromatic carbocycles. The lowest BCUT2D eigenvalue weighted by Gasteiger charge is -2.28. The number of urea groups is 1. The molecule has 0 heterocycles. The Kier molecular flexibility index (Phi) is 8.06. The minimum Gasteiger partial charge on any atom is -0.481 e. The van der Waals surface area contributed by atoms with Crippen molar-refractivity contribution >= 4 is 23.8 Å². The smallest absolute Gasteiger partial charge is 0.314 e. The Morgan fingerprint density at radius 1 is 1.19 bits per heavy atom. The van der Waals surface area contributed by atoms with E-state index in [1.807, 2.05) is 0 Å². The van der Waals surface area contributed by atoms with Gasteiger partial charge in [-0.05, 0) is 12.8 Å². The maximum absolute atomic E-state index is 11.7. The molecule has 1 aliphatic rings. The first kappa shape index (κ1) is 17.7. The normalized spacial score (nSPS) is 17.3. The second kappa shape index (κ2) is 9.56. The van der Waals surface area contributed by atoms with Crippen LogP contribution in [0.3, 0.4) is 0 Å². The Morgan fingerprint density at radius 3 is 2.43 bits per heavy atom. The molecular formula is C15H24N2O3S. The molecule has 0 saturated heterocycles. The summed E-state index contributed by atoms with van der Waals surface area (Å²) < 4.78 is 0. The number of nitrogens with one attached hydrogen (secondary N) is 2. The number of hydrogen-bond donors (Lipinski definition) is 3. The van der Waals surface area contributed by atoms with E-state index in [1.54, 1.807) is 11.8 Å². The first-order valence-corrected chi connectivity index (χ1v) is 8.52. The van der Waals surface area contributed by atoms with Gasteiger partial charge in [0.05, 0.1) is 11.2 Å². The van der Waals surface area contributed by atoms with Crippen molar-refractivity contribution in [1.82, 2.24) is 10.6 Å². The fourth-order valence-electron chi connectivity index (χ4n) is 2.55. The van der Waals surface area contributed by atoms with E-state index in [2.05, 4.69) is 16.6 Å². The number of hydrogen-bond acceptors (Lipinski definition) is 3. The Hall–Kier alpha value is -1.35. The van der Waals surface area contributed by atoms with Crippen molar-refractivity contribution in [2.75, 3.05) is 24.6 Å². The van der Waals surface area contributed by atoms with Crippen molar-refractivity contribution < 1.29 is 14.7 Å². The summed E-state index contributed by atoms with van der Waals surface area (Å²) in [4.78, 5) is 23.3. The fourth-order valence-corrected chi connectivity index (χ4v) is 3.06. The molecule has 0 atom stereocenters. The van der Waals surface area contributed by atoms with Crippen molar-refractivity contribution in [2.24, 2.45) is 5.41 Å². The maximum atomic E-state index is 11.7. The van der Waals surface area contributed by atoms with Crippen LogP contribution < -0.4 is 10.6 Å². The highest BCUT2D eigenvalue weighted by Gasteiger charge is 2.38. The van der Waals surface area contributed by atoms with Crippen LogP contribution in [0.2, 0.25) is 0 Å².